The van der Waals surface area contributed by atoms with Gasteiger partial charge in [-0.25, -0.2) is 0 Å². The Kier molecular flexibility index (Phi) is 3.36. The quantitative estimate of drug-likeness (QED) is 0.884. The number of aromatic nitrogens is 2. The maximum absolute atomic E-state index is 5.62. The van der Waals surface area contributed by atoms with E-state index in [0.29, 0.717) is 11.5 Å². The van der Waals surface area contributed by atoms with Gasteiger partial charge in [-0.3, -0.25) is 4.98 Å². The van der Waals surface area contributed by atoms with E-state index in [1.807, 2.05) is 35.0 Å². The number of nitrogens with two attached hydrogens (primary N) is 1. The van der Waals surface area contributed by atoms with Gasteiger partial charge in [0.25, 0.3) is 0 Å². The summed E-state index contributed by atoms with van der Waals surface area (Å²) in [6.07, 6.45) is 3.72. The number of hydrogen-bond donors (Lipinski definition) is 1. The topological polar surface area (TPSA) is 43.8 Å². The van der Waals surface area contributed by atoms with E-state index in [1.54, 1.807) is 6.20 Å². The summed E-state index contributed by atoms with van der Waals surface area (Å²) in [7, 11) is 0. The summed E-state index contributed by atoms with van der Waals surface area (Å²) in [5.74, 6) is 0. The molecule has 0 saturated carbocycles. The molecule has 16 heavy (non-hydrogen) atoms. The minimum absolute atomic E-state index is 0.405. The third kappa shape index (κ3) is 2.48. The first kappa shape index (κ1) is 11.3. The molecule has 0 radical (unpaired) electrons. The van der Waals surface area contributed by atoms with Crippen molar-refractivity contribution in [3.05, 3.63) is 52.5 Å². The highest BCUT2D eigenvalue weighted by Gasteiger charge is 2.04. The number of pyridine rings is 1. The molecule has 2 aromatic rings. The lowest BCUT2D eigenvalue weighted by atomic mass is 10.3. The molecule has 0 saturated heterocycles. The average Bonchev–Trinajstić information content (AvgIpc) is 2.69. The maximum Gasteiger partial charge on any atom is 0.120 e. The molecule has 0 spiro atoms. The van der Waals surface area contributed by atoms with Crippen LogP contribution in [-0.2, 0) is 6.54 Å². The molecule has 2 rings (SSSR count). The Labute approximate surface area is 107 Å². The third-order valence-corrected chi connectivity index (χ3v) is 2.88. The average molecular weight is 296 g/mol. The first-order valence-corrected chi connectivity index (χ1v) is 5.92. The minimum Gasteiger partial charge on any atom is -0.388 e. The van der Waals surface area contributed by atoms with Crippen molar-refractivity contribution in [3.8, 4) is 0 Å². The smallest absolute Gasteiger partial charge is 0.120 e. The first-order valence-electron chi connectivity index (χ1n) is 4.72. The zero-order valence-electron chi connectivity index (χ0n) is 8.43. The van der Waals surface area contributed by atoms with Gasteiger partial charge in [0.1, 0.15) is 4.99 Å². The van der Waals surface area contributed by atoms with Crippen molar-refractivity contribution in [3.63, 3.8) is 0 Å². The van der Waals surface area contributed by atoms with E-state index in [-0.39, 0.29) is 0 Å². The Morgan fingerprint density at radius 3 is 2.88 bits per heavy atom. The predicted octanol–water partition coefficient (Wildman–Crippen LogP) is 2.33. The van der Waals surface area contributed by atoms with Crippen LogP contribution < -0.4 is 5.73 Å². The molecule has 0 fully saturated rings. The Morgan fingerprint density at radius 2 is 2.25 bits per heavy atom. The van der Waals surface area contributed by atoms with Crippen LogP contribution in [0.5, 0.6) is 0 Å². The number of rotatable bonds is 3. The molecule has 82 valence electrons. The van der Waals surface area contributed by atoms with E-state index in [2.05, 4.69) is 20.9 Å². The molecule has 0 aliphatic heterocycles. The molecule has 3 nitrogen and oxygen atoms in total. The molecule has 0 aliphatic rings. The van der Waals surface area contributed by atoms with Gasteiger partial charge in [-0.05, 0) is 40.2 Å². The van der Waals surface area contributed by atoms with Crippen molar-refractivity contribution in [1.29, 1.82) is 0 Å². The molecule has 5 heteroatoms. The van der Waals surface area contributed by atoms with Gasteiger partial charge in [0.15, 0.2) is 0 Å². The van der Waals surface area contributed by atoms with Crippen LogP contribution in [0.2, 0.25) is 0 Å². The highest BCUT2D eigenvalue weighted by atomic mass is 79.9. The minimum atomic E-state index is 0.405. The van der Waals surface area contributed by atoms with Gasteiger partial charge in [-0.2, -0.15) is 0 Å². The second-order valence-corrected chi connectivity index (χ2v) is 4.71. The van der Waals surface area contributed by atoms with E-state index < -0.39 is 0 Å². The zero-order valence-corrected chi connectivity index (χ0v) is 10.8. The Morgan fingerprint density at radius 1 is 1.44 bits per heavy atom. The van der Waals surface area contributed by atoms with Crippen molar-refractivity contribution in [2.24, 2.45) is 5.73 Å². The molecular formula is C11H10BrN3S. The summed E-state index contributed by atoms with van der Waals surface area (Å²) < 4.78 is 2.96. The van der Waals surface area contributed by atoms with Crippen LogP contribution in [0, 0.1) is 0 Å². The van der Waals surface area contributed by atoms with Crippen molar-refractivity contribution >= 4 is 33.1 Å². The molecule has 0 aliphatic carbocycles. The summed E-state index contributed by atoms with van der Waals surface area (Å²) >= 11 is 8.32. The predicted molar refractivity (Wildman–Crippen MR) is 71.4 cm³/mol. The van der Waals surface area contributed by atoms with Crippen molar-refractivity contribution in [1.82, 2.24) is 9.55 Å². The molecule has 0 unspecified atom stereocenters. The molecule has 2 heterocycles. The molecule has 0 aromatic carbocycles. The number of thiocarbonyl (C=S) groups is 1. The summed E-state index contributed by atoms with van der Waals surface area (Å²) in [4.78, 5) is 4.71. The molecule has 0 amide bonds. The molecule has 0 atom stereocenters. The second kappa shape index (κ2) is 4.76. The van der Waals surface area contributed by atoms with E-state index in [1.165, 1.54) is 0 Å². The van der Waals surface area contributed by atoms with E-state index in [4.69, 9.17) is 18.0 Å². The lowest BCUT2D eigenvalue weighted by molar-refractivity contribution is 0.773. The normalized spacial score (nSPS) is 10.3. The van der Waals surface area contributed by atoms with Gasteiger partial charge in [0.05, 0.1) is 17.9 Å². The van der Waals surface area contributed by atoms with E-state index in [9.17, 15) is 0 Å². The van der Waals surface area contributed by atoms with Gasteiger partial charge < -0.3 is 10.3 Å². The van der Waals surface area contributed by atoms with Gasteiger partial charge >= 0.3 is 0 Å². The van der Waals surface area contributed by atoms with E-state index >= 15 is 0 Å². The van der Waals surface area contributed by atoms with Crippen LogP contribution in [-0.4, -0.2) is 14.5 Å². The fourth-order valence-electron chi connectivity index (χ4n) is 1.45. The van der Waals surface area contributed by atoms with Gasteiger partial charge in [0, 0.05) is 16.9 Å². The standard InChI is InChI=1S/C11H10BrN3S/c12-8-3-4-9(14-6-8)7-15-5-1-2-10(15)11(13)16/h1-6H,7H2,(H2,13,16). The summed E-state index contributed by atoms with van der Waals surface area (Å²) in [6, 6.07) is 7.76. The first-order chi connectivity index (χ1) is 7.66. The van der Waals surface area contributed by atoms with Crippen molar-refractivity contribution < 1.29 is 0 Å². The monoisotopic (exact) mass is 295 g/mol. The van der Waals surface area contributed by atoms with Crippen LogP contribution in [0.3, 0.4) is 0 Å². The van der Waals surface area contributed by atoms with Gasteiger partial charge in [-0.1, -0.05) is 12.2 Å². The highest BCUT2D eigenvalue weighted by molar-refractivity contribution is 9.10. The molecule has 2 N–H and O–H groups in total. The fourth-order valence-corrected chi connectivity index (χ4v) is 1.87. The van der Waals surface area contributed by atoms with Crippen LogP contribution >= 0.6 is 28.1 Å². The van der Waals surface area contributed by atoms with Crippen LogP contribution in [0.4, 0.5) is 0 Å². The molecular weight excluding hydrogens is 286 g/mol. The zero-order chi connectivity index (χ0) is 11.5. The van der Waals surface area contributed by atoms with Crippen LogP contribution in [0.15, 0.2) is 41.1 Å². The van der Waals surface area contributed by atoms with Crippen molar-refractivity contribution in [2.75, 3.05) is 0 Å². The molecule has 0 bridgehead atoms. The largest absolute Gasteiger partial charge is 0.388 e. The Bertz CT molecular complexity index is 504. The Hall–Kier alpha value is -1.20. The number of nitrogens with zero attached hydrogens (tertiary/aromatic N) is 2. The van der Waals surface area contributed by atoms with Gasteiger partial charge in [0.2, 0.25) is 0 Å². The van der Waals surface area contributed by atoms with Crippen molar-refractivity contribution in [2.45, 2.75) is 6.54 Å². The van der Waals surface area contributed by atoms with Gasteiger partial charge in [-0.15, -0.1) is 0 Å². The summed E-state index contributed by atoms with van der Waals surface area (Å²) in [5, 5.41) is 0. The molecule has 2 aromatic heterocycles. The second-order valence-electron chi connectivity index (χ2n) is 3.35. The highest BCUT2D eigenvalue weighted by Crippen LogP contribution is 2.10. The lowest BCUT2D eigenvalue weighted by Gasteiger charge is -2.07. The van der Waals surface area contributed by atoms with Crippen LogP contribution in [0.25, 0.3) is 0 Å². The Balaban J connectivity index is 2.23. The summed E-state index contributed by atoms with van der Waals surface area (Å²) in [5.41, 5.74) is 7.45. The number of halogens is 1. The lowest BCUT2D eigenvalue weighted by Crippen LogP contribution is -2.16. The summed E-state index contributed by atoms with van der Waals surface area (Å²) in [6.45, 7) is 0.674. The maximum atomic E-state index is 5.62. The van der Waals surface area contributed by atoms with Crippen LogP contribution in [0.1, 0.15) is 11.4 Å². The number of hydrogen-bond acceptors (Lipinski definition) is 2. The van der Waals surface area contributed by atoms with E-state index in [0.717, 1.165) is 15.9 Å². The third-order valence-electron chi connectivity index (χ3n) is 2.20. The fraction of sp³-hybridized carbons (Fsp3) is 0.0909. The SMILES string of the molecule is NC(=S)c1cccn1Cc1ccc(Br)cn1.